The molecule has 3 N–H and O–H groups in total. The third-order valence-electron chi connectivity index (χ3n) is 6.71. The standard InChI is InChI=1S/C23H25ClN6O5S2/c1-35-22(32)18(10-14-9-13-3-5-26-20(25)15(13)11-16(14)24)29-8-4-17(21(29)31)30(37(33)34)19-12-27-23(36-19)28-6-2-7-28/h3,5,9,11-12,17-18H,2,4,6-8,10H2,1H3,(H2,25,26)(H,33,34)/t17-,18+/m0/s1. The average molecular weight is 565 g/mol. The first-order chi connectivity index (χ1) is 17.8. The molecule has 37 heavy (non-hydrogen) atoms. The second kappa shape index (κ2) is 10.4. The number of hydrogen-bond donors (Lipinski definition) is 2. The lowest BCUT2D eigenvalue weighted by Crippen LogP contribution is -2.49. The molecule has 2 aliphatic heterocycles. The summed E-state index contributed by atoms with van der Waals surface area (Å²) in [6.07, 6.45) is 4.52. The van der Waals surface area contributed by atoms with E-state index in [4.69, 9.17) is 22.1 Å². The molecule has 5 rings (SSSR count). The van der Waals surface area contributed by atoms with Crippen LogP contribution < -0.4 is 14.9 Å². The minimum Gasteiger partial charge on any atom is -0.467 e. The van der Waals surface area contributed by atoms with Crippen LogP contribution in [0.5, 0.6) is 0 Å². The van der Waals surface area contributed by atoms with Gasteiger partial charge in [-0.25, -0.2) is 23.3 Å². The lowest BCUT2D eigenvalue weighted by Gasteiger charge is -2.30. The second-order valence-electron chi connectivity index (χ2n) is 8.82. The van der Waals surface area contributed by atoms with Gasteiger partial charge < -0.3 is 20.3 Å². The van der Waals surface area contributed by atoms with E-state index in [0.717, 1.165) is 34.3 Å². The van der Waals surface area contributed by atoms with Crippen LogP contribution in [0.4, 0.5) is 16.0 Å². The highest BCUT2D eigenvalue weighted by molar-refractivity contribution is 7.81. The van der Waals surface area contributed by atoms with E-state index in [9.17, 15) is 18.4 Å². The van der Waals surface area contributed by atoms with Crippen molar-refractivity contribution in [1.29, 1.82) is 0 Å². The number of ether oxygens (including phenoxy) is 1. The molecular formula is C23H25ClN6O5S2. The molecule has 2 aromatic heterocycles. The van der Waals surface area contributed by atoms with Gasteiger partial charge in [0.25, 0.3) is 11.3 Å². The van der Waals surface area contributed by atoms with Gasteiger partial charge in [0.05, 0.1) is 13.3 Å². The molecule has 1 amide bonds. The Morgan fingerprint density at radius 2 is 2.16 bits per heavy atom. The number of amides is 1. The minimum atomic E-state index is -2.47. The molecule has 1 unspecified atom stereocenters. The van der Waals surface area contributed by atoms with E-state index in [2.05, 4.69) is 14.9 Å². The Morgan fingerprint density at radius 3 is 2.84 bits per heavy atom. The number of nitrogens with zero attached hydrogens (tertiary/aromatic N) is 5. The molecule has 196 valence electrons. The van der Waals surface area contributed by atoms with Gasteiger partial charge in [0.1, 0.15) is 22.9 Å². The third-order valence-corrected chi connectivity index (χ3v) is 9.03. The van der Waals surface area contributed by atoms with E-state index in [-0.39, 0.29) is 19.4 Å². The van der Waals surface area contributed by atoms with Gasteiger partial charge in [-0.1, -0.05) is 22.9 Å². The van der Waals surface area contributed by atoms with E-state index in [1.54, 1.807) is 18.3 Å². The summed E-state index contributed by atoms with van der Waals surface area (Å²) in [7, 11) is 1.26. The normalized spacial score (nSPS) is 19.1. The van der Waals surface area contributed by atoms with Gasteiger partial charge in [-0.05, 0) is 42.0 Å². The Hall–Kier alpha value is -3.00. The fraction of sp³-hybridized carbons (Fsp3) is 0.391. The highest BCUT2D eigenvalue weighted by Crippen LogP contribution is 2.36. The van der Waals surface area contributed by atoms with Gasteiger partial charge in [0.2, 0.25) is 5.91 Å². The number of halogens is 1. The number of carbonyl (C=O) groups is 2. The molecule has 4 heterocycles. The maximum Gasteiger partial charge on any atom is 0.328 e. The number of rotatable bonds is 8. The van der Waals surface area contributed by atoms with Crippen LogP contribution in [0.3, 0.4) is 0 Å². The van der Waals surface area contributed by atoms with Crippen LogP contribution in [0.15, 0.2) is 30.6 Å². The van der Waals surface area contributed by atoms with Crippen molar-refractivity contribution in [2.75, 3.05) is 41.7 Å². The highest BCUT2D eigenvalue weighted by Gasteiger charge is 2.44. The number of hydrogen-bond acceptors (Lipinski definition) is 9. The molecule has 1 aromatic carbocycles. The molecule has 2 aliphatic rings. The highest BCUT2D eigenvalue weighted by atomic mass is 35.5. The molecule has 11 nitrogen and oxygen atoms in total. The van der Waals surface area contributed by atoms with Gasteiger partial charge in [0, 0.05) is 42.7 Å². The first kappa shape index (κ1) is 25.6. The Balaban J connectivity index is 1.41. The number of thiazole rings is 1. The van der Waals surface area contributed by atoms with E-state index < -0.39 is 35.2 Å². The van der Waals surface area contributed by atoms with Crippen LogP contribution in [0.2, 0.25) is 5.02 Å². The summed E-state index contributed by atoms with van der Waals surface area (Å²) in [6, 6.07) is 3.39. The van der Waals surface area contributed by atoms with Crippen LogP contribution in [0.1, 0.15) is 18.4 Å². The number of benzene rings is 1. The fourth-order valence-corrected chi connectivity index (χ4v) is 6.74. The first-order valence-electron chi connectivity index (χ1n) is 11.6. The number of fused-ring (bicyclic) bond motifs is 1. The van der Waals surface area contributed by atoms with E-state index in [0.29, 0.717) is 26.8 Å². The van der Waals surface area contributed by atoms with Gasteiger partial charge in [-0.3, -0.25) is 9.35 Å². The van der Waals surface area contributed by atoms with Crippen molar-refractivity contribution in [3.63, 3.8) is 0 Å². The van der Waals surface area contributed by atoms with Crippen molar-refractivity contribution >= 4 is 72.8 Å². The SMILES string of the molecule is COC(=O)[C@@H](Cc1cc2ccnc(N)c2cc1Cl)N1CC[C@H](N(c2cnc(N3CCC3)s2)S(=O)O)C1=O. The number of anilines is 3. The minimum absolute atomic E-state index is 0.101. The molecular weight excluding hydrogens is 540 g/mol. The van der Waals surface area contributed by atoms with E-state index in [1.807, 2.05) is 6.07 Å². The molecule has 2 saturated heterocycles. The number of likely N-dealkylation sites (tertiary alicyclic amines) is 1. The number of methoxy groups -OCH3 is 1. The van der Waals surface area contributed by atoms with Crippen LogP contribution >= 0.6 is 22.9 Å². The number of pyridine rings is 1. The summed E-state index contributed by atoms with van der Waals surface area (Å²) in [5.41, 5.74) is 6.59. The largest absolute Gasteiger partial charge is 0.467 e. The first-order valence-corrected chi connectivity index (χ1v) is 13.9. The quantitative estimate of drug-likeness (QED) is 0.311. The fourth-order valence-electron chi connectivity index (χ4n) is 4.65. The van der Waals surface area contributed by atoms with E-state index >= 15 is 0 Å². The average Bonchev–Trinajstić information content (AvgIpc) is 3.44. The molecule has 0 radical (unpaired) electrons. The van der Waals surface area contributed by atoms with Gasteiger partial charge in [-0.2, -0.15) is 0 Å². The van der Waals surface area contributed by atoms with E-state index in [1.165, 1.54) is 29.5 Å². The monoisotopic (exact) mass is 564 g/mol. The van der Waals surface area contributed by atoms with Crippen molar-refractivity contribution in [1.82, 2.24) is 14.9 Å². The second-order valence-corrected chi connectivity index (χ2v) is 11.1. The molecule has 0 saturated carbocycles. The van der Waals surface area contributed by atoms with Gasteiger partial charge in [0.15, 0.2) is 5.13 Å². The lowest BCUT2D eigenvalue weighted by atomic mass is 10.0. The summed E-state index contributed by atoms with van der Waals surface area (Å²) < 4.78 is 28.7. The summed E-state index contributed by atoms with van der Waals surface area (Å²) in [5.74, 6) is -0.707. The van der Waals surface area contributed by atoms with Crippen LogP contribution in [-0.2, 0) is 32.0 Å². The van der Waals surface area contributed by atoms with Crippen molar-refractivity contribution in [3.8, 4) is 0 Å². The van der Waals surface area contributed by atoms with Crippen molar-refractivity contribution in [2.45, 2.75) is 31.3 Å². The summed E-state index contributed by atoms with van der Waals surface area (Å²) in [4.78, 5) is 38.3. The predicted octanol–water partition coefficient (Wildman–Crippen LogP) is 2.47. The number of carbonyl (C=O) groups excluding carboxylic acids is 2. The number of aromatic nitrogens is 2. The zero-order valence-corrected chi connectivity index (χ0v) is 22.3. The maximum atomic E-state index is 13.6. The Kier molecular flexibility index (Phi) is 7.21. The van der Waals surface area contributed by atoms with Gasteiger partial charge in [-0.15, -0.1) is 0 Å². The Labute approximate surface area is 224 Å². The summed E-state index contributed by atoms with van der Waals surface area (Å²) in [6.45, 7) is 1.97. The van der Waals surface area contributed by atoms with Crippen LogP contribution in [-0.4, -0.2) is 74.3 Å². The summed E-state index contributed by atoms with van der Waals surface area (Å²) >= 11 is 5.32. The van der Waals surface area contributed by atoms with Crippen LogP contribution in [0.25, 0.3) is 10.8 Å². The third kappa shape index (κ3) is 4.83. The smallest absolute Gasteiger partial charge is 0.328 e. The number of nitrogen functional groups attached to an aromatic ring is 1. The van der Waals surface area contributed by atoms with Crippen molar-refractivity contribution in [2.24, 2.45) is 0 Å². The molecule has 14 heteroatoms. The topological polar surface area (TPSA) is 142 Å². The lowest BCUT2D eigenvalue weighted by molar-refractivity contribution is -0.151. The number of esters is 1. The zero-order chi connectivity index (χ0) is 26.3. The molecule has 0 bridgehead atoms. The summed E-state index contributed by atoms with van der Waals surface area (Å²) in [5, 5.41) is 3.03. The van der Waals surface area contributed by atoms with Crippen molar-refractivity contribution < 1.29 is 23.1 Å². The van der Waals surface area contributed by atoms with Gasteiger partial charge >= 0.3 is 5.97 Å². The molecule has 0 aliphatic carbocycles. The van der Waals surface area contributed by atoms with Crippen molar-refractivity contribution in [3.05, 3.63) is 41.2 Å². The molecule has 3 atom stereocenters. The Morgan fingerprint density at radius 1 is 1.38 bits per heavy atom. The predicted molar refractivity (Wildman–Crippen MR) is 143 cm³/mol. The molecule has 2 fully saturated rings. The number of nitrogens with two attached hydrogens (primary N) is 1. The molecule has 0 spiro atoms. The zero-order valence-electron chi connectivity index (χ0n) is 19.9. The maximum absolute atomic E-state index is 13.6. The van der Waals surface area contributed by atoms with Crippen LogP contribution in [0, 0.1) is 0 Å². The Bertz CT molecular complexity index is 1380. The molecule has 3 aromatic rings.